The molecule has 1 unspecified atom stereocenters. The van der Waals surface area contributed by atoms with E-state index < -0.39 is 0 Å². The van der Waals surface area contributed by atoms with E-state index in [1.165, 1.54) is 0 Å². The highest BCUT2D eigenvalue weighted by atomic mass is 79.9. The van der Waals surface area contributed by atoms with Crippen molar-refractivity contribution >= 4 is 26.9 Å². The largest absolute Gasteiger partial charge is 0.459 e. The molecule has 2 nitrogen and oxygen atoms in total. The van der Waals surface area contributed by atoms with Gasteiger partial charge in [0.15, 0.2) is 0 Å². The van der Waals surface area contributed by atoms with E-state index >= 15 is 0 Å². The number of rotatable bonds is 2. The van der Waals surface area contributed by atoms with Gasteiger partial charge in [-0.25, -0.2) is 0 Å². The van der Waals surface area contributed by atoms with Crippen LogP contribution >= 0.6 is 15.9 Å². The van der Waals surface area contributed by atoms with E-state index in [1.807, 2.05) is 25.1 Å². The Balaban J connectivity index is 2.60. The van der Waals surface area contributed by atoms with Crippen molar-refractivity contribution in [3.8, 4) is 0 Å². The van der Waals surface area contributed by atoms with E-state index in [1.54, 1.807) is 0 Å². The van der Waals surface area contributed by atoms with Crippen LogP contribution < -0.4 is 5.73 Å². The van der Waals surface area contributed by atoms with Gasteiger partial charge in [-0.15, -0.1) is 0 Å². The normalized spacial score (nSPS) is 13.6. The van der Waals surface area contributed by atoms with E-state index in [4.69, 9.17) is 10.2 Å². The summed E-state index contributed by atoms with van der Waals surface area (Å²) in [5.74, 6) is 1.24. The molecule has 2 N–H and O–H groups in total. The van der Waals surface area contributed by atoms with Gasteiger partial charge in [-0.3, -0.25) is 0 Å². The molecule has 1 heterocycles. The van der Waals surface area contributed by atoms with Gasteiger partial charge in [-0.2, -0.15) is 0 Å². The van der Waals surface area contributed by atoms with E-state index in [2.05, 4.69) is 29.8 Å². The minimum atomic E-state index is -0.0429. The second-order valence-electron chi connectivity index (χ2n) is 4.53. The van der Waals surface area contributed by atoms with E-state index in [-0.39, 0.29) is 6.04 Å². The molecule has 0 aliphatic heterocycles. The van der Waals surface area contributed by atoms with Gasteiger partial charge in [0.25, 0.3) is 0 Å². The Morgan fingerprint density at radius 3 is 2.56 bits per heavy atom. The topological polar surface area (TPSA) is 39.2 Å². The van der Waals surface area contributed by atoms with Gasteiger partial charge < -0.3 is 10.2 Å². The Morgan fingerprint density at radius 1 is 1.31 bits per heavy atom. The first kappa shape index (κ1) is 11.7. The zero-order valence-corrected chi connectivity index (χ0v) is 11.3. The third-order valence-electron chi connectivity index (χ3n) is 2.89. The van der Waals surface area contributed by atoms with Gasteiger partial charge in [-0.05, 0) is 30.5 Å². The molecule has 2 aromatic rings. The Bertz CT molecular complexity index is 477. The third kappa shape index (κ3) is 1.89. The third-order valence-corrected chi connectivity index (χ3v) is 3.58. The molecule has 0 spiro atoms. The quantitative estimate of drug-likeness (QED) is 0.898. The fraction of sp³-hybridized carbons (Fsp3) is 0.385. The molecule has 0 saturated carbocycles. The van der Waals surface area contributed by atoms with Gasteiger partial charge in [0, 0.05) is 9.86 Å². The zero-order valence-electron chi connectivity index (χ0n) is 9.75. The number of furan rings is 1. The fourth-order valence-electron chi connectivity index (χ4n) is 1.74. The van der Waals surface area contributed by atoms with Crippen molar-refractivity contribution in [1.82, 2.24) is 0 Å². The zero-order chi connectivity index (χ0) is 11.9. The molecule has 0 radical (unpaired) electrons. The minimum absolute atomic E-state index is 0.0429. The molecule has 16 heavy (non-hydrogen) atoms. The van der Waals surface area contributed by atoms with Crippen LogP contribution in [0.5, 0.6) is 0 Å². The second-order valence-corrected chi connectivity index (χ2v) is 5.38. The van der Waals surface area contributed by atoms with Crippen molar-refractivity contribution in [2.45, 2.75) is 26.8 Å². The molecule has 0 aliphatic carbocycles. The summed E-state index contributed by atoms with van der Waals surface area (Å²) in [6.45, 7) is 6.24. The first-order valence-corrected chi connectivity index (χ1v) is 6.24. The van der Waals surface area contributed by atoms with Crippen molar-refractivity contribution in [3.63, 3.8) is 0 Å². The molecular weight excluding hydrogens is 266 g/mol. The predicted octanol–water partition coefficient (Wildman–Crippen LogP) is 4.16. The first-order valence-electron chi connectivity index (χ1n) is 5.45. The van der Waals surface area contributed by atoms with Gasteiger partial charge in [0.2, 0.25) is 0 Å². The lowest BCUT2D eigenvalue weighted by molar-refractivity contribution is 0.418. The maximum Gasteiger partial charge on any atom is 0.138 e. The maximum absolute atomic E-state index is 6.09. The van der Waals surface area contributed by atoms with Crippen molar-refractivity contribution in [2.75, 3.05) is 0 Å². The summed E-state index contributed by atoms with van der Waals surface area (Å²) in [6.07, 6.45) is 0. The Labute approximate surface area is 104 Å². The highest BCUT2D eigenvalue weighted by molar-refractivity contribution is 9.10. The molecule has 3 heteroatoms. The molecule has 0 aliphatic rings. The van der Waals surface area contributed by atoms with Crippen LogP contribution in [0.1, 0.15) is 31.2 Å². The van der Waals surface area contributed by atoms with Crippen molar-refractivity contribution in [3.05, 3.63) is 34.0 Å². The van der Waals surface area contributed by atoms with Crippen LogP contribution in [0.25, 0.3) is 11.0 Å². The summed E-state index contributed by atoms with van der Waals surface area (Å²) >= 11 is 3.53. The number of aryl methyl sites for hydroxylation is 1. The summed E-state index contributed by atoms with van der Waals surface area (Å²) in [5, 5.41) is 1.10. The number of nitrogens with two attached hydrogens (primary N) is 1. The standard InChI is InChI=1S/C13H16BrNO/c1-7(2)12(15)11-6-9-10(14)5-4-8(3)13(9)16-11/h4-7,12H,15H2,1-3H3. The molecule has 1 aromatic carbocycles. The van der Waals surface area contributed by atoms with Crippen molar-refractivity contribution < 1.29 is 4.42 Å². The summed E-state index contributed by atoms with van der Waals surface area (Å²) in [5.41, 5.74) is 8.16. The summed E-state index contributed by atoms with van der Waals surface area (Å²) in [4.78, 5) is 0. The summed E-state index contributed by atoms with van der Waals surface area (Å²) in [6, 6.07) is 6.08. The molecule has 1 aromatic heterocycles. The van der Waals surface area contributed by atoms with Crippen LogP contribution in [0.4, 0.5) is 0 Å². The monoisotopic (exact) mass is 281 g/mol. The second kappa shape index (κ2) is 4.22. The smallest absolute Gasteiger partial charge is 0.138 e. The molecule has 1 atom stereocenters. The van der Waals surface area contributed by atoms with E-state index in [0.717, 1.165) is 26.8 Å². The SMILES string of the molecule is Cc1ccc(Br)c2cc(C(N)C(C)C)oc12. The predicted molar refractivity (Wildman–Crippen MR) is 70.4 cm³/mol. The molecule has 0 amide bonds. The van der Waals surface area contributed by atoms with Gasteiger partial charge in [0.05, 0.1) is 6.04 Å². The molecular formula is C13H16BrNO. The number of halogens is 1. The lowest BCUT2D eigenvalue weighted by atomic mass is 10.0. The van der Waals surface area contributed by atoms with Crippen LogP contribution in [0.3, 0.4) is 0 Å². The average Bonchev–Trinajstić information content (AvgIpc) is 2.68. The van der Waals surface area contributed by atoms with Gasteiger partial charge >= 0.3 is 0 Å². The molecule has 2 rings (SSSR count). The lowest BCUT2D eigenvalue weighted by Crippen LogP contribution is -2.15. The average molecular weight is 282 g/mol. The Morgan fingerprint density at radius 2 is 2.00 bits per heavy atom. The van der Waals surface area contributed by atoms with Gasteiger partial charge in [-0.1, -0.05) is 35.8 Å². The van der Waals surface area contributed by atoms with Crippen LogP contribution in [0.2, 0.25) is 0 Å². The molecule has 0 saturated heterocycles. The molecule has 0 bridgehead atoms. The first-order chi connectivity index (χ1) is 7.50. The van der Waals surface area contributed by atoms with Crippen molar-refractivity contribution in [1.29, 1.82) is 0 Å². The van der Waals surface area contributed by atoms with Crippen LogP contribution in [-0.2, 0) is 0 Å². The summed E-state index contributed by atoms with van der Waals surface area (Å²) in [7, 11) is 0. The maximum atomic E-state index is 6.09. The summed E-state index contributed by atoms with van der Waals surface area (Å²) < 4.78 is 6.90. The highest BCUT2D eigenvalue weighted by Gasteiger charge is 2.17. The minimum Gasteiger partial charge on any atom is -0.459 e. The Kier molecular flexibility index (Phi) is 3.08. The number of fused-ring (bicyclic) bond motifs is 1. The number of benzene rings is 1. The van der Waals surface area contributed by atoms with Crippen molar-refractivity contribution in [2.24, 2.45) is 11.7 Å². The fourth-order valence-corrected chi connectivity index (χ4v) is 2.16. The number of hydrogen-bond donors (Lipinski definition) is 1. The Hall–Kier alpha value is -0.800. The van der Waals surface area contributed by atoms with E-state index in [9.17, 15) is 0 Å². The lowest BCUT2D eigenvalue weighted by Gasteiger charge is -2.11. The number of hydrogen-bond acceptors (Lipinski definition) is 2. The molecule has 86 valence electrons. The van der Waals surface area contributed by atoms with E-state index in [0.29, 0.717) is 5.92 Å². The molecule has 0 fully saturated rings. The van der Waals surface area contributed by atoms with Gasteiger partial charge in [0.1, 0.15) is 11.3 Å². The van der Waals surface area contributed by atoms with Crippen LogP contribution in [0.15, 0.2) is 27.1 Å². The highest BCUT2D eigenvalue weighted by Crippen LogP contribution is 2.32. The van der Waals surface area contributed by atoms with Crippen LogP contribution in [0, 0.1) is 12.8 Å². The van der Waals surface area contributed by atoms with Crippen LogP contribution in [-0.4, -0.2) is 0 Å².